The molecule has 1 N–H and O–H groups in total. The number of carbonyl (C=O) groups excluding carboxylic acids is 1. The van der Waals surface area contributed by atoms with Crippen LogP contribution in [-0.2, 0) is 0 Å². The van der Waals surface area contributed by atoms with Crippen molar-refractivity contribution in [1.29, 1.82) is 0 Å². The van der Waals surface area contributed by atoms with Gasteiger partial charge in [0.25, 0.3) is 11.6 Å². The fraction of sp³-hybridized carbons (Fsp3) is 0.235. The summed E-state index contributed by atoms with van der Waals surface area (Å²) < 4.78 is 10.4. The van der Waals surface area contributed by atoms with Crippen LogP contribution in [0.3, 0.4) is 0 Å². The lowest BCUT2D eigenvalue weighted by molar-refractivity contribution is -0.384. The highest BCUT2D eigenvalue weighted by molar-refractivity contribution is 6.33. The summed E-state index contributed by atoms with van der Waals surface area (Å²) in [6.07, 6.45) is 0. The Morgan fingerprint density at radius 3 is 2.44 bits per heavy atom. The second kappa shape index (κ2) is 7.85. The van der Waals surface area contributed by atoms with Gasteiger partial charge in [-0.15, -0.1) is 0 Å². The number of nitrogens with zero attached hydrogens (tertiary/aromatic N) is 1. The van der Waals surface area contributed by atoms with Gasteiger partial charge in [0.15, 0.2) is 11.5 Å². The zero-order valence-corrected chi connectivity index (χ0v) is 14.7. The number of nitro groups is 1. The highest BCUT2D eigenvalue weighted by Crippen LogP contribution is 2.30. The van der Waals surface area contributed by atoms with Gasteiger partial charge in [-0.25, -0.2) is 0 Å². The van der Waals surface area contributed by atoms with E-state index in [1.165, 1.54) is 26.4 Å². The lowest BCUT2D eigenvalue weighted by Crippen LogP contribution is -2.27. The van der Waals surface area contributed by atoms with Crippen LogP contribution in [-0.4, -0.2) is 25.1 Å². The minimum atomic E-state index is -0.578. The molecule has 0 saturated carbocycles. The van der Waals surface area contributed by atoms with Gasteiger partial charge in [0.2, 0.25) is 0 Å². The molecule has 0 aliphatic rings. The molecule has 7 nitrogen and oxygen atoms in total. The molecule has 0 aromatic heterocycles. The van der Waals surface area contributed by atoms with Crippen LogP contribution in [0.1, 0.15) is 28.9 Å². The Balaban J connectivity index is 2.23. The maximum absolute atomic E-state index is 12.4. The van der Waals surface area contributed by atoms with Crippen molar-refractivity contribution in [3.8, 4) is 11.5 Å². The van der Waals surface area contributed by atoms with Gasteiger partial charge in [-0.05, 0) is 30.7 Å². The Kier molecular flexibility index (Phi) is 5.82. The number of hydrogen-bond acceptors (Lipinski definition) is 5. The number of ether oxygens (including phenoxy) is 2. The number of nitro benzene ring substituents is 1. The van der Waals surface area contributed by atoms with Crippen molar-refractivity contribution in [2.75, 3.05) is 14.2 Å². The number of non-ortho nitro benzene ring substituents is 1. The molecule has 0 heterocycles. The van der Waals surface area contributed by atoms with Crippen LogP contribution in [0.15, 0.2) is 36.4 Å². The largest absolute Gasteiger partial charge is 0.493 e. The molecule has 2 rings (SSSR count). The third-order valence-electron chi connectivity index (χ3n) is 3.66. The molecule has 25 heavy (non-hydrogen) atoms. The van der Waals surface area contributed by atoms with Gasteiger partial charge in [-0.1, -0.05) is 17.7 Å². The molecular formula is C17H17ClN2O5. The van der Waals surface area contributed by atoms with Crippen molar-refractivity contribution in [1.82, 2.24) is 5.32 Å². The minimum Gasteiger partial charge on any atom is -0.493 e. The molecule has 0 radical (unpaired) electrons. The Morgan fingerprint density at radius 1 is 1.16 bits per heavy atom. The summed E-state index contributed by atoms with van der Waals surface area (Å²) in [4.78, 5) is 22.7. The average Bonchev–Trinajstić information content (AvgIpc) is 2.60. The molecular weight excluding hydrogens is 348 g/mol. The number of hydrogen-bond donors (Lipinski definition) is 1. The second-order valence-corrected chi connectivity index (χ2v) is 5.64. The van der Waals surface area contributed by atoms with Crippen LogP contribution in [0.25, 0.3) is 0 Å². The fourth-order valence-electron chi connectivity index (χ4n) is 2.28. The molecule has 0 aliphatic heterocycles. The van der Waals surface area contributed by atoms with Crippen LogP contribution in [0.5, 0.6) is 11.5 Å². The lowest BCUT2D eigenvalue weighted by atomic mass is 10.1. The number of nitrogens with one attached hydrogen (secondary N) is 1. The molecule has 2 aromatic rings. The first-order valence-electron chi connectivity index (χ1n) is 7.34. The summed E-state index contributed by atoms with van der Waals surface area (Å²) in [6, 6.07) is 8.63. The number of benzene rings is 2. The van der Waals surface area contributed by atoms with Crippen molar-refractivity contribution in [2.45, 2.75) is 13.0 Å². The summed E-state index contributed by atoms with van der Waals surface area (Å²) in [5.41, 5.74) is 0.629. The van der Waals surface area contributed by atoms with Crippen LogP contribution in [0.4, 0.5) is 5.69 Å². The standard InChI is InChI=1S/C17H17ClN2O5/c1-10(11-4-7-15(24-2)16(8-11)25-3)19-17(21)13-9-12(20(22)23)5-6-14(13)18/h4-10H,1-3H3,(H,19,21)/t10-/m0/s1. The van der Waals surface area contributed by atoms with E-state index in [0.29, 0.717) is 11.5 Å². The highest BCUT2D eigenvalue weighted by Gasteiger charge is 2.18. The van der Waals surface area contributed by atoms with Crippen molar-refractivity contribution in [3.63, 3.8) is 0 Å². The van der Waals surface area contributed by atoms with E-state index in [9.17, 15) is 14.9 Å². The molecule has 0 aliphatic carbocycles. The van der Waals surface area contributed by atoms with Crippen molar-refractivity contribution >= 4 is 23.2 Å². The van der Waals surface area contributed by atoms with Gasteiger partial charge < -0.3 is 14.8 Å². The quantitative estimate of drug-likeness (QED) is 0.622. The van der Waals surface area contributed by atoms with E-state index < -0.39 is 10.8 Å². The van der Waals surface area contributed by atoms with Gasteiger partial charge >= 0.3 is 0 Å². The Bertz CT molecular complexity index is 810. The number of halogens is 1. The maximum atomic E-state index is 12.4. The van der Waals surface area contributed by atoms with Gasteiger partial charge in [-0.3, -0.25) is 14.9 Å². The van der Waals surface area contributed by atoms with E-state index in [0.717, 1.165) is 11.6 Å². The fourth-order valence-corrected chi connectivity index (χ4v) is 2.48. The number of carbonyl (C=O) groups is 1. The zero-order valence-electron chi connectivity index (χ0n) is 13.9. The molecule has 1 atom stereocenters. The second-order valence-electron chi connectivity index (χ2n) is 5.23. The van der Waals surface area contributed by atoms with Crippen molar-refractivity contribution in [2.24, 2.45) is 0 Å². The topological polar surface area (TPSA) is 90.7 Å². The van der Waals surface area contributed by atoms with Crippen LogP contribution in [0, 0.1) is 10.1 Å². The number of methoxy groups -OCH3 is 2. The summed E-state index contributed by atoms with van der Waals surface area (Å²) in [6.45, 7) is 1.78. The van der Waals surface area contributed by atoms with E-state index in [-0.39, 0.29) is 22.3 Å². The zero-order chi connectivity index (χ0) is 18.6. The Labute approximate surface area is 149 Å². The molecule has 0 unspecified atom stereocenters. The van der Waals surface area contributed by atoms with Crippen LogP contribution in [0.2, 0.25) is 5.02 Å². The van der Waals surface area contributed by atoms with Crippen molar-refractivity contribution < 1.29 is 19.2 Å². The first-order valence-corrected chi connectivity index (χ1v) is 7.72. The predicted molar refractivity (Wildman–Crippen MR) is 93.5 cm³/mol. The van der Waals surface area contributed by atoms with Crippen LogP contribution >= 0.6 is 11.6 Å². The van der Waals surface area contributed by atoms with Crippen LogP contribution < -0.4 is 14.8 Å². The average molecular weight is 365 g/mol. The summed E-state index contributed by atoms with van der Waals surface area (Å²) >= 11 is 5.99. The Morgan fingerprint density at radius 2 is 1.84 bits per heavy atom. The minimum absolute atomic E-state index is 0.0446. The molecule has 0 bridgehead atoms. The summed E-state index contributed by atoms with van der Waals surface area (Å²) in [5, 5.41) is 13.8. The molecule has 132 valence electrons. The summed E-state index contributed by atoms with van der Waals surface area (Å²) in [7, 11) is 3.06. The van der Waals surface area contributed by atoms with Gasteiger partial charge in [0, 0.05) is 12.1 Å². The lowest BCUT2D eigenvalue weighted by Gasteiger charge is -2.17. The maximum Gasteiger partial charge on any atom is 0.270 e. The molecule has 0 fully saturated rings. The molecule has 8 heteroatoms. The molecule has 1 amide bonds. The van der Waals surface area contributed by atoms with Gasteiger partial charge in [-0.2, -0.15) is 0 Å². The van der Waals surface area contributed by atoms with E-state index in [2.05, 4.69) is 5.32 Å². The van der Waals surface area contributed by atoms with Crippen molar-refractivity contribution in [3.05, 3.63) is 62.7 Å². The normalized spacial score (nSPS) is 11.5. The SMILES string of the molecule is COc1ccc([C@H](C)NC(=O)c2cc([N+](=O)[O-])ccc2Cl)cc1OC. The number of amides is 1. The highest BCUT2D eigenvalue weighted by atomic mass is 35.5. The number of rotatable bonds is 6. The third kappa shape index (κ3) is 4.19. The van der Waals surface area contributed by atoms with E-state index >= 15 is 0 Å². The summed E-state index contributed by atoms with van der Waals surface area (Å²) in [5.74, 6) is 0.608. The smallest absolute Gasteiger partial charge is 0.270 e. The molecule has 2 aromatic carbocycles. The first kappa shape index (κ1) is 18.5. The van der Waals surface area contributed by atoms with Gasteiger partial charge in [0.1, 0.15) is 0 Å². The van der Waals surface area contributed by atoms with E-state index in [1.807, 2.05) is 0 Å². The Hall–Kier alpha value is -2.80. The van der Waals surface area contributed by atoms with E-state index in [4.69, 9.17) is 21.1 Å². The van der Waals surface area contributed by atoms with E-state index in [1.54, 1.807) is 25.1 Å². The third-order valence-corrected chi connectivity index (χ3v) is 3.99. The molecule has 0 saturated heterocycles. The predicted octanol–water partition coefficient (Wildman–Crippen LogP) is 3.76. The molecule has 0 spiro atoms. The monoisotopic (exact) mass is 364 g/mol. The first-order chi connectivity index (χ1) is 11.9. The van der Waals surface area contributed by atoms with Gasteiger partial charge in [0.05, 0.1) is 35.8 Å².